The lowest BCUT2D eigenvalue weighted by molar-refractivity contribution is -0.127. The minimum Gasteiger partial charge on any atom is -0.435 e. The summed E-state index contributed by atoms with van der Waals surface area (Å²) in [5.74, 6) is 0.600. The number of aromatic nitrogens is 2. The van der Waals surface area contributed by atoms with Gasteiger partial charge in [0.1, 0.15) is 5.75 Å². The van der Waals surface area contributed by atoms with E-state index in [-0.39, 0.29) is 17.4 Å². The predicted molar refractivity (Wildman–Crippen MR) is 104 cm³/mol. The van der Waals surface area contributed by atoms with E-state index in [2.05, 4.69) is 14.9 Å². The number of amides is 1. The monoisotopic (exact) mass is 419 g/mol. The molecule has 0 N–H and O–H groups in total. The quantitative estimate of drug-likeness (QED) is 0.488. The van der Waals surface area contributed by atoms with Gasteiger partial charge in [0, 0.05) is 13.6 Å². The minimum atomic E-state index is -2.86. The summed E-state index contributed by atoms with van der Waals surface area (Å²) in [6, 6.07) is 15.9. The summed E-state index contributed by atoms with van der Waals surface area (Å²) >= 11 is 1.17. The van der Waals surface area contributed by atoms with Gasteiger partial charge in [-0.1, -0.05) is 54.2 Å². The van der Waals surface area contributed by atoms with Crippen LogP contribution in [0.1, 0.15) is 17.0 Å². The summed E-state index contributed by atoms with van der Waals surface area (Å²) in [7, 11) is 1.67. The molecule has 29 heavy (non-hydrogen) atoms. The lowest BCUT2D eigenvalue weighted by atomic mass is 10.2. The fraction of sp³-hybridized carbons (Fsp3) is 0.250. The van der Waals surface area contributed by atoms with Crippen LogP contribution in [0.4, 0.5) is 8.78 Å². The molecule has 2 aromatic carbocycles. The second-order valence-corrected chi connectivity index (χ2v) is 7.11. The van der Waals surface area contributed by atoms with Crippen LogP contribution in [0.25, 0.3) is 0 Å². The molecule has 0 fully saturated rings. The zero-order chi connectivity index (χ0) is 20.6. The fourth-order valence-corrected chi connectivity index (χ4v) is 3.23. The lowest BCUT2D eigenvalue weighted by Gasteiger charge is -2.17. The molecule has 0 saturated carbocycles. The van der Waals surface area contributed by atoms with E-state index in [0.717, 1.165) is 11.1 Å². The summed E-state index contributed by atoms with van der Waals surface area (Å²) in [5.41, 5.74) is 1.86. The van der Waals surface area contributed by atoms with Crippen molar-refractivity contribution in [2.75, 3.05) is 12.8 Å². The van der Waals surface area contributed by atoms with E-state index in [1.807, 2.05) is 30.3 Å². The van der Waals surface area contributed by atoms with Crippen LogP contribution in [0.5, 0.6) is 5.75 Å². The number of thioether (sulfide) groups is 1. The van der Waals surface area contributed by atoms with Gasteiger partial charge in [0.15, 0.2) is 0 Å². The number of carbonyl (C=O) groups excluding carboxylic acids is 1. The van der Waals surface area contributed by atoms with E-state index >= 15 is 0 Å². The topological polar surface area (TPSA) is 68.5 Å². The number of benzene rings is 2. The van der Waals surface area contributed by atoms with E-state index in [4.69, 9.17) is 4.42 Å². The molecule has 0 radical (unpaired) electrons. The number of hydrogen-bond donors (Lipinski definition) is 0. The summed E-state index contributed by atoms with van der Waals surface area (Å²) in [5, 5.41) is 8.30. The first-order chi connectivity index (χ1) is 14.0. The highest BCUT2D eigenvalue weighted by Gasteiger charge is 2.14. The average molecular weight is 419 g/mol. The molecule has 6 nitrogen and oxygen atoms in total. The normalized spacial score (nSPS) is 10.9. The molecule has 9 heteroatoms. The van der Waals surface area contributed by atoms with Crippen molar-refractivity contribution in [1.29, 1.82) is 0 Å². The van der Waals surface area contributed by atoms with Crippen LogP contribution in [0.15, 0.2) is 64.2 Å². The fourth-order valence-electron chi connectivity index (χ4n) is 2.51. The van der Waals surface area contributed by atoms with Crippen LogP contribution in [0.3, 0.4) is 0 Å². The molecule has 0 aliphatic carbocycles. The third-order valence-corrected chi connectivity index (χ3v) is 4.76. The predicted octanol–water partition coefficient (Wildman–Crippen LogP) is 4.01. The Morgan fingerprint density at radius 2 is 1.83 bits per heavy atom. The van der Waals surface area contributed by atoms with Crippen LogP contribution in [-0.4, -0.2) is 40.4 Å². The molecule has 0 atom stereocenters. The van der Waals surface area contributed by atoms with Gasteiger partial charge in [-0.15, -0.1) is 10.2 Å². The first-order valence-corrected chi connectivity index (χ1v) is 9.75. The lowest BCUT2D eigenvalue weighted by Crippen LogP contribution is -2.27. The molecule has 0 spiro atoms. The molecule has 1 aromatic heterocycles. The van der Waals surface area contributed by atoms with E-state index in [0.29, 0.717) is 24.1 Å². The largest absolute Gasteiger partial charge is 0.435 e. The van der Waals surface area contributed by atoms with Gasteiger partial charge in [-0.05, 0) is 23.3 Å². The Morgan fingerprint density at radius 3 is 2.52 bits per heavy atom. The van der Waals surface area contributed by atoms with Gasteiger partial charge < -0.3 is 14.1 Å². The summed E-state index contributed by atoms with van der Waals surface area (Å²) in [6.45, 7) is -2.52. The molecule has 0 bridgehead atoms. The number of carbonyl (C=O) groups is 1. The molecule has 0 aliphatic heterocycles. The zero-order valence-corrected chi connectivity index (χ0v) is 16.4. The molecule has 0 saturated heterocycles. The minimum absolute atomic E-state index is 0.0796. The van der Waals surface area contributed by atoms with E-state index in [1.165, 1.54) is 28.8 Å². The van der Waals surface area contributed by atoms with Gasteiger partial charge >= 0.3 is 6.61 Å². The van der Waals surface area contributed by atoms with Gasteiger partial charge in [0.2, 0.25) is 11.8 Å². The van der Waals surface area contributed by atoms with Crippen LogP contribution < -0.4 is 4.74 Å². The van der Waals surface area contributed by atoms with Crippen molar-refractivity contribution >= 4 is 17.7 Å². The maximum atomic E-state index is 12.3. The molecule has 3 rings (SSSR count). The molecule has 3 aromatic rings. The SMILES string of the molecule is CN(Cc1ccc(OC(F)F)cc1)C(=O)CSc1nnc(Cc2ccccc2)o1. The zero-order valence-electron chi connectivity index (χ0n) is 15.6. The number of hydrogen-bond acceptors (Lipinski definition) is 6. The molecular weight excluding hydrogens is 400 g/mol. The van der Waals surface area contributed by atoms with Crippen LogP contribution in [0, 0.1) is 0 Å². The van der Waals surface area contributed by atoms with Crippen molar-refractivity contribution in [3.05, 3.63) is 71.6 Å². The first kappa shape index (κ1) is 20.8. The van der Waals surface area contributed by atoms with Crippen molar-refractivity contribution < 1.29 is 22.7 Å². The van der Waals surface area contributed by atoms with Crippen molar-refractivity contribution in [2.45, 2.75) is 24.8 Å². The Kier molecular flexibility index (Phi) is 7.18. The van der Waals surface area contributed by atoms with Crippen LogP contribution in [0.2, 0.25) is 0 Å². The van der Waals surface area contributed by atoms with Crippen LogP contribution in [-0.2, 0) is 17.8 Å². The second kappa shape index (κ2) is 10.0. The highest BCUT2D eigenvalue weighted by atomic mass is 32.2. The van der Waals surface area contributed by atoms with Gasteiger partial charge in [0.25, 0.3) is 5.22 Å². The highest BCUT2D eigenvalue weighted by Crippen LogP contribution is 2.19. The molecule has 152 valence electrons. The third kappa shape index (κ3) is 6.56. The Bertz CT molecular complexity index is 920. The van der Waals surface area contributed by atoms with Gasteiger partial charge in [-0.25, -0.2) is 0 Å². The Hall–Kier alpha value is -2.94. The smallest absolute Gasteiger partial charge is 0.387 e. The highest BCUT2D eigenvalue weighted by molar-refractivity contribution is 7.99. The molecule has 1 heterocycles. The Morgan fingerprint density at radius 1 is 1.10 bits per heavy atom. The summed E-state index contributed by atoms with van der Waals surface area (Å²) in [4.78, 5) is 13.9. The summed E-state index contributed by atoms with van der Waals surface area (Å²) in [6.07, 6.45) is 0.535. The van der Waals surface area contributed by atoms with Crippen molar-refractivity contribution in [3.8, 4) is 5.75 Å². The number of rotatable bonds is 9. The van der Waals surface area contributed by atoms with Gasteiger partial charge in [-0.3, -0.25) is 4.79 Å². The molecule has 1 amide bonds. The molecule has 0 aliphatic rings. The molecule has 0 unspecified atom stereocenters. The Balaban J connectivity index is 1.46. The van der Waals surface area contributed by atoms with Crippen molar-refractivity contribution in [2.24, 2.45) is 0 Å². The van der Waals surface area contributed by atoms with Crippen molar-refractivity contribution in [3.63, 3.8) is 0 Å². The van der Waals surface area contributed by atoms with Gasteiger partial charge in [0.05, 0.1) is 12.2 Å². The molecular formula is C20H19F2N3O3S. The standard InChI is InChI=1S/C20H19F2N3O3S/c1-25(12-15-7-9-16(10-8-15)27-19(21)22)18(26)13-29-20-24-23-17(28-20)11-14-5-3-2-4-6-14/h2-10,19H,11-13H2,1H3. The first-order valence-electron chi connectivity index (χ1n) is 8.76. The van der Waals surface area contributed by atoms with Crippen molar-refractivity contribution in [1.82, 2.24) is 15.1 Å². The van der Waals surface area contributed by atoms with Crippen LogP contribution >= 0.6 is 11.8 Å². The number of ether oxygens (including phenoxy) is 1. The average Bonchev–Trinajstić information content (AvgIpc) is 3.15. The van der Waals surface area contributed by atoms with E-state index in [9.17, 15) is 13.6 Å². The maximum Gasteiger partial charge on any atom is 0.387 e. The summed E-state index contributed by atoms with van der Waals surface area (Å²) < 4.78 is 34.2. The number of nitrogens with zero attached hydrogens (tertiary/aromatic N) is 3. The van der Waals surface area contributed by atoms with E-state index in [1.54, 1.807) is 19.2 Å². The number of alkyl halides is 2. The maximum absolute atomic E-state index is 12.3. The number of halogens is 2. The second-order valence-electron chi connectivity index (χ2n) is 6.19. The van der Waals surface area contributed by atoms with E-state index < -0.39 is 6.61 Å². The third-order valence-electron chi connectivity index (χ3n) is 3.96. The Labute approximate surface area is 170 Å². The van der Waals surface area contributed by atoms with Gasteiger partial charge in [-0.2, -0.15) is 8.78 Å².